The quantitative estimate of drug-likeness (QED) is 0.421. The second-order valence-electron chi connectivity index (χ2n) is 6.57. The van der Waals surface area contributed by atoms with Crippen molar-refractivity contribution in [3.8, 4) is 17.2 Å². The van der Waals surface area contributed by atoms with E-state index in [1.165, 1.54) is 0 Å². The molecule has 0 aliphatic carbocycles. The summed E-state index contributed by atoms with van der Waals surface area (Å²) in [4.78, 5) is 4.40. The zero-order chi connectivity index (χ0) is 20.4. The first kappa shape index (κ1) is 19.4. The summed E-state index contributed by atoms with van der Waals surface area (Å²) in [5.41, 5.74) is 14.6. The van der Waals surface area contributed by atoms with Crippen molar-refractivity contribution in [1.82, 2.24) is 26.9 Å². The molecule has 148 valence electrons. The Morgan fingerprint density at radius 1 is 1.07 bits per heavy atom. The Morgan fingerprint density at radius 3 is 2.55 bits per heavy atom. The minimum absolute atomic E-state index is 0.0154. The van der Waals surface area contributed by atoms with Crippen LogP contribution in [0.3, 0.4) is 0 Å². The molecule has 2 aromatic carbocycles. The molecular formula is C19H19N7O2S. The van der Waals surface area contributed by atoms with Crippen LogP contribution in [0.15, 0.2) is 53.6 Å². The predicted octanol–water partition coefficient (Wildman–Crippen LogP) is 1.12. The number of pyridine rings is 1. The number of hydrogen-bond acceptors (Lipinski definition) is 8. The Balaban J connectivity index is 2.05. The van der Waals surface area contributed by atoms with E-state index in [-0.39, 0.29) is 17.7 Å². The molecule has 0 radical (unpaired) electrons. The SMILES string of the molecule is N#CCCc1ccc(-c2ccnc3ccccc23)c(C2NNNN2)c1S(N)(=O)=O. The van der Waals surface area contributed by atoms with Crippen LogP contribution < -0.4 is 27.1 Å². The van der Waals surface area contributed by atoms with E-state index < -0.39 is 16.2 Å². The lowest BCUT2D eigenvalue weighted by atomic mass is 9.92. The molecule has 6 N–H and O–H groups in total. The average Bonchev–Trinajstić information content (AvgIpc) is 3.25. The summed E-state index contributed by atoms with van der Waals surface area (Å²) in [7, 11) is -4.08. The normalized spacial score (nSPS) is 14.9. The Bertz CT molecular complexity index is 1210. The number of sulfonamides is 1. The van der Waals surface area contributed by atoms with Crippen LogP contribution in [0.25, 0.3) is 22.0 Å². The van der Waals surface area contributed by atoms with Crippen molar-refractivity contribution >= 4 is 20.9 Å². The molecule has 10 heteroatoms. The van der Waals surface area contributed by atoms with E-state index in [0.29, 0.717) is 16.7 Å². The van der Waals surface area contributed by atoms with Crippen LogP contribution in [-0.4, -0.2) is 13.4 Å². The molecule has 0 saturated carbocycles. The lowest BCUT2D eigenvalue weighted by Gasteiger charge is -2.22. The highest BCUT2D eigenvalue weighted by molar-refractivity contribution is 7.89. The van der Waals surface area contributed by atoms with Crippen molar-refractivity contribution in [3.05, 3.63) is 59.8 Å². The molecule has 0 atom stereocenters. The summed E-state index contributed by atoms with van der Waals surface area (Å²) in [5, 5.41) is 15.5. The topological polar surface area (TPSA) is 145 Å². The van der Waals surface area contributed by atoms with E-state index in [4.69, 9.17) is 10.4 Å². The van der Waals surface area contributed by atoms with Crippen molar-refractivity contribution in [2.75, 3.05) is 0 Å². The van der Waals surface area contributed by atoms with Gasteiger partial charge in [0.25, 0.3) is 0 Å². The molecule has 2 heterocycles. The van der Waals surface area contributed by atoms with Crippen LogP contribution in [-0.2, 0) is 16.4 Å². The maximum atomic E-state index is 12.6. The highest BCUT2D eigenvalue weighted by atomic mass is 32.2. The fourth-order valence-corrected chi connectivity index (χ4v) is 4.69. The van der Waals surface area contributed by atoms with Gasteiger partial charge in [0.2, 0.25) is 10.0 Å². The highest BCUT2D eigenvalue weighted by Gasteiger charge is 2.30. The minimum atomic E-state index is -4.08. The smallest absolute Gasteiger partial charge is 0.238 e. The summed E-state index contributed by atoms with van der Waals surface area (Å²) in [6.07, 6.45) is 1.57. The highest BCUT2D eigenvalue weighted by Crippen LogP contribution is 2.37. The van der Waals surface area contributed by atoms with Crippen LogP contribution in [0, 0.1) is 11.3 Å². The molecule has 29 heavy (non-hydrogen) atoms. The third-order valence-electron chi connectivity index (χ3n) is 4.79. The van der Waals surface area contributed by atoms with E-state index in [0.717, 1.165) is 16.5 Å². The molecule has 0 unspecified atom stereocenters. The number of aryl methyl sites for hydroxylation is 1. The number of primary sulfonamides is 1. The molecule has 1 aromatic heterocycles. The first-order valence-corrected chi connectivity index (χ1v) is 10.5. The van der Waals surface area contributed by atoms with Crippen LogP contribution in [0.5, 0.6) is 0 Å². The van der Waals surface area contributed by atoms with Gasteiger partial charge >= 0.3 is 0 Å². The van der Waals surface area contributed by atoms with Crippen LogP contribution >= 0.6 is 0 Å². The molecule has 9 nitrogen and oxygen atoms in total. The van der Waals surface area contributed by atoms with Crippen LogP contribution in [0.2, 0.25) is 0 Å². The van der Waals surface area contributed by atoms with Gasteiger partial charge in [0.15, 0.2) is 0 Å². The lowest BCUT2D eigenvalue weighted by Crippen LogP contribution is -2.33. The lowest BCUT2D eigenvalue weighted by molar-refractivity contribution is 0.538. The van der Waals surface area contributed by atoms with Crippen molar-refractivity contribution in [2.45, 2.75) is 23.9 Å². The summed E-state index contributed by atoms with van der Waals surface area (Å²) in [6, 6.07) is 15.1. The van der Waals surface area contributed by atoms with Crippen molar-refractivity contribution in [3.63, 3.8) is 0 Å². The number of nitriles is 1. The molecule has 1 aliphatic rings. The van der Waals surface area contributed by atoms with E-state index >= 15 is 0 Å². The van der Waals surface area contributed by atoms with E-state index in [1.54, 1.807) is 12.3 Å². The average molecular weight is 409 g/mol. The number of aromatic nitrogens is 1. The van der Waals surface area contributed by atoms with Gasteiger partial charge in [-0.25, -0.2) is 24.4 Å². The Labute approximate surface area is 167 Å². The Hall–Kier alpha value is -2.91. The molecule has 0 bridgehead atoms. The number of nitrogens with two attached hydrogens (primary N) is 1. The van der Waals surface area contributed by atoms with Crippen molar-refractivity contribution in [2.24, 2.45) is 5.14 Å². The Kier molecular flexibility index (Phi) is 5.25. The third-order valence-corrected chi connectivity index (χ3v) is 5.84. The van der Waals surface area contributed by atoms with Crippen molar-refractivity contribution in [1.29, 1.82) is 5.26 Å². The minimum Gasteiger partial charge on any atom is -0.256 e. The van der Waals surface area contributed by atoms with Gasteiger partial charge in [0.05, 0.1) is 16.5 Å². The van der Waals surface area contributed by atoms with Crippen LogP contribution in [0.1, 0.15) is 23.7 Å². The number of hydrazine groups is 3. The number of hydrogen-bond donors (Lipinski definition) is 5. The molecule has 1 saturated heterocycles. The van der Waals surface area contributed by atoms with Gasteiger partial charge in [-0.2, -0.15) is 16.3 Å². The molecule has 0 amide bonds. The van der Waals surface area contributed by atoms with Gasteiger partial charge in [0.1, 0.15) is 6.17 Å². The summed E-state index contributed by atoms with van der Waals surface area (Å²) < 4.78 is 25.3. The first-order valence-electron chi connectivity index (χ1n) is 8.91. The number of fused-ring (bicyclic) bond motifs is 1. The fraction of sp³-hybridized carbons (Fsp3) is 0.158. The summed E-state index contributed by atoms with van der Waals surface area (Å²) in [6.45, 7) is 0. The molecule has 1 fully saturated rings. The zero-order valence-electron chi connectivity index (χ0n) is 15.3. The summed E-state index contributed by atoms with van der Waals surface area (Å²) >= 11 is 0. The van der Waals surface area contributed by atoms with Gasteiger partial charge in [0, 0.05) is 23.6 Å². The fourth-order valence-electron chi connectivity index (χ4n) is 3.62. The van der Waals surface area contributed by atoms with E-state index in [1.807, 2.05) is 36.4 Å². The molecule has 4 rings (SSSR count). The van der Waals surface area contributed by atoms with Gasteiger partial charge in [-0.15, -0.1) is 0 Å². The van der Waals surface area contributed by atoms with Crippen molar-refractivity contribution < 1.29 is 8.42 Å². The second-order valence-corrected chi connectivity index (χ2v) is 8.06. The number of nitrogens with one attached hydrogen (secondary N) is 4. The standard InChI is InChI=1S/C19H19N7O2S/c20-10-3-4-12-7-8-15(13-9-11-22-16-6-2-1-5-14(13)16)17(18(12)29(21,27)28)19-23-25-26-24-19/h1-2,5-9,11,19,23-26H,3-4H2,(H2,21,27,28). The summed E-state index contributed by atoms with van der Waals surface area (Å²) in [5.74, 6) is 0. The Morgan fingerprint density at radius 2 is 1.83 bits per heavy atom. The van der Waals surface area contributed by atoms with Gasteiger partial charge < -0.3 is 0 Å². The van der Waals surface area contributed by atoms with E-state index in [9.17, 15) is 8.42 Å². The third kappa shape index (κ3) is 3.70. The number of rotatable bonds is 5. The zero-order valence-corrected chi connectivity index (χ0v) is 16.1. The second kappa shape index (κ2) is 7.84. The predicted molar refractivity (Wildman–Crippen MR) is 108 cm³/mol. The largest absolute Gasteiger partial charge is 0.256 e. The van der Waals surface area contributed by atoms with Crippen LogP contribution in [0.4, 0.5) is 0 Å². The van der Waals surface area contributed by atoms with E-state index in [2.05, 4.69) is 33.0 Å². The number of benzene rings is 2. The maximum absolute atomic E-state index is 12.6. The molecule has 0 spiro atoms. The number of para-hydroxylation sites is 1. The molecular weight excluding hydrogens is 390 g/mol. The molecule has 1 aliphatic heterocycles. The molecule has 3 aromatic rings. The number of nitrogens with zero attached hydrogens (tertiary/aromatic N) is 2. The monoisotopic (exact) mass is 409 g/mol. The van der Waals surface area contributed by atoms with Gasteiger partial charge in [-0.1, -0.05) is 30.3 Å². The van der Waals surface area contributed by atoms with Gasteiger partial charge in [-0.3, -0.25) is 4.98 Å². The first-order chi connectivity index (χ1) is 14.0. The maximum Gasteiger partial charge on any atom is 0.238 e. The van der Waals surface area contributed by atoms with Gasteiger partial charge in [-0.05, 0) is 35.2 Å².